The van der Waals surface area contributed by atoms with Gasteiger partial charge in [-0.05, 0) is 58.7 Å². The van der Waals surface area contributed by atoms with Crippen LogP contribution in [0.1, 0.15) is 18.9 Å². The maximum atomic E-state index is 12.8. The van der Waals surface area contributed by atoms with Gasteiger partial charge in [0, 0.05) is 16.6 Å². The van der Waals surface area contributed by atoms with Gasteiger partial charge in [-0.3, -0.25) is 9.52 Å². The minimum absolute atomic E-state index is 0.0580. The predicted octanol–water partition coefficient (Wildman–Crippen LogP) is 3.92. The largest absolute Gasteiger partial charge is 0.495 e. The van der Waals surface area contributed by atoms with Gasteiger partial charge in [-0.2, -0.15) is 0 Å². The topological polar surface area (TPSA) is 84.5 Å². The fraction of sp³-hybridized carbons (Fsp3) is 0.235. The highest BCUT2D eigenvalue weighted by molar-refractivity contribution is 9.10. The number of methoxy groups -OCH3 is 1. The van der Waals surface area contributed by atoms with Gasteiger partial charge in [0.2, 0.25) is 5.91 Å². The molecule has 0 heterocycles. The average Bonchev–Trinajstić information content (AvgIpc) is 2.57. The second-order valence-corrected chi connectivity index (χ2v) is 7.86. The molecule has 0 aliphatic heterocycles. The number of halogens is 1. The van der Waals surface area contributed by atoms with Gasteiger partial charge in [0.05, 0.1) is 12.8 Å². The summed E-state index contributed by atoms with van der Waals surface area (Å²) in [5.74, 6) is -0.0197. The average molecular weight is 427 g/mol. The van der Waals surface area contributed by atoms with Crippen LogP contribution in [0, 0.1) is 6.92 Å². The molecular weight excluding hydrogens is 408 g/mol. The van der Waals surface area contributed by atoms with Crippen molar-refractivity contribution in [1.82, 2.24) is 0 Å². The normalized spacial score (nSPS) is 11.0. The number of hydrogen-bond acceptors (Lipinski definition) is 4. The summed E-state index contributed by atoms with van der Waals surface area (Å²) >= 11 is 3.33. The molecule has 0 aliphatic rings. The highest BCUT2D eigenvalue weighted by Gasteiger charge is 2.21. The molecule has 0 atom stereocenters. The van der Waals surface area contributed by atoms with E-state index < -0.39 is 10.0 Å². The second kappa shape index (κ2) is 7.88. The van der Waals surface area contributed by atoms with Crippen molar-refractivity contribution < 1.29 is 17.9 Å². The Morgan fingerprint density at radius 2 is 1.92 bits per heavy atom. The standard InChI is InChI=1S/C17H19BrN2O4S/c1-4-17(21)19-12-6-8-15(24-3)16(10-12)25(22,23)20-14-9-11(2)5-7-13(14)18/h5-10,20H,4H2,1-3H3,(H,19,21). The SMILES string of the molecule is CCC(=O)Nc1ccc(OC)c(S(=O)(=O)Nc2cc(C)ccc2Br)c1. The summed E-state index contributed by atoms with van der Waals surface area (Å²) in [4.78, 5) is 11.5. The highest BCUT2D eigenvalue weighted by atomic mass is 79.9. The predicted molar refractivity (Wildman–Crippen MR) is 102 cm³/mol. The van der Waals surface area contributed by atoms with Crippen molar-refractivity contribution in [2.45, 2.75) is 25.2 Å². The van der Waals surface area contributed by atoms with E-state index >= 15 is 0 Å². The Hall–Kier alpha value is -2.06. The smallest absolute Gasteiger partial charge is 0.265 e. The van der Waals surface area contributed by atoms with E-state index in [2.05, 4.69) is 26.0 Å². The van der Waals surface area contributed by atoms with Gasteiger partial charge in [0.15, 0.2) is 0 Å². The van der Waals surface area contributed by atoms with Crippen LogP contribution in [0.4, 0.5) is 11.4 Å². The molecule has 0 aliphatic carbocycles. The zero-order valence-electron chi connectivity index (χ0n) is 14.1. The highest BCUT2D eigenvalue weighted by Crippen LogP contribution is 2.31. The Balaban J connectivity index is 2.44. The number of amides is 1. The Kier molecular flexibility index (Phi) is 6.07. The third-order valence-corrected chi connectivity index (χ3v) is 5.50. The molecule has 0 aromatic heterocycles. The fourth-order valence-electron chi connectivity index (χ4n) is 2.13. The summed E-state index contributed by atoms with van der Waals surface area (Å²) < 4.78 is 34.0. The molecule has 2 aromatic carbocycles. The molecule has 0 bridgehead atoms. The van der Waals surface area contributed by atoms with E-state index in [1.807, 2.05) is 13.0 Å². The van der Waals surface area contributed by atoms with Gasteiger partial charge in [0.25, 0.3) is 10.0 Å². The van der Waals surface area contributed by atoms with Gasteiger partial charge >= 0.3 is 0 Å². The van der Waals surface area contributed by atoms with E-state index in [-0.39, 0.29) is 16.6 Å². The summed E-state index contributed by atoms with van der Waals surface area (Å²) in [7, 11) is -2.53. The van der Waals surface area contributed by atoms with Crippen LogP contribution in [-0.2, 0) is 14.8 Å². The van der Waals surface area contributed by atoms with Crippen LogP contribution in [0.5, 0.6) is 5.75 Å². The summed E-state index contributed by atoms with van der Waals surface area (Å²) in [6.07, 6.45) is 0.294. The minimum Gasteiger partial charge on any atom is -0.495 e. The van der Waals surface area contributed by atoms with Crippen molar-refractivity contribution in [3.63, 3.8) is 0 Å². The van der Waals surface area contributed by atoms with Gasteiger partial charge in [-0.15, -0.1) is 0 Å². The zero-order chi connectivity index (χ0) is 18.6. The lowest BCUT2D eigenvalue weighted by molar-refractivity contribution is -0.115. The van der Waals surface area contributed by atoms with Crippen LogP contribution >= 0.6 is 15.9 Å². The minimum atomic E-state index is -3.92. The van der Waals surface area contributed by atoms with Crippen LogP contribution in [0.2, 0.25) is 0 Å². The van der Waals surface area contributed by atoms with Crippen molar-refractivity contribution in [2.75, 3.05) is 17.1 Å². The van der Waals surface area contributed by atoms with Crippen molar-refractivity contribution in [1.29, 1.82) is 0 Å². The fourth-order valence-corrected chi connectivity index (χ4v) is 3.87. The molecule has 0 radical (unpaired) electrons. The molecule has 0 saturated carbocycles. The third kappa shape index (κ3) is 4.73. The number of nitrogens with one attached hydrogen (secondary N) is 2. The molecule has 134 valence electrons. The van der Waals surface area contributed by atoms with Crippen molar-refractivity contribution in [3.8, 4) is 5.75 Å². The van der Waals surface area contributed by atoms with E-state index in [1.54, 1.807) is 25.1 Å². The quantitative estimate of drug-likeness (QED) is 0.732. The van der Waals surface area contributed by atoms with Crippen LogP contribution in [0.15, 0.2) is 45.8 Å². The van der Waals surface area contributed by atoms with Crippen LogP contribution in [0.3, 0.4) is 0 Å². The molecule has 2 rings (SSSR count). The van der Waals surface area contributed by atoms with Gasteiger partial charge in [-0.25, -0.2) is 8.42 Å². The zero-order valence-corrected chi connectivity index (χ0v) is 16.5. The van der Waals surface area contributed by atoms with Crippen molar-refractivity contribution >= 4 is 43.2 Å². The summed E-state index contributed by atoms with van der Waals surface area (Å²) in [6.45, 7) is 3.58. The van der Waals surface area contributed by atoms with Crippen molar-refractivity contribution in [2.24, 2.45) is 0 Å². The first-order valence-electron chi connectivity index (χ1n) is 7.53. The summed E-state index contributed by atoms with van der Waals surface area (Å²) in [5, 5.41) is 2.64. The Labute approximate surface area is 155 Å². The number of carbonyl (C=O) groups excluding carboxylic acids is 1. The summed E-state index contributed by atoms with van der Waals surface area (Å²) in [5.41, 5.74) is 1.72. The molecule has 0 saturated heterocycles. The maximum absolute atomic E-state index is 12.8. The lowest BCUT2D eigenvalue weighted by atomic mass is 10.2. The number of rotatable bonds is 6. The Morgan fingerprint density at radius 1 is 1.20 bits per heavy atom. The van der Waals surface area contributed by atoms with Crippen LogP contribution in [0.25, 0.3) is 0 Å². The molecule has 0 spiro atoms. The number of hydrogen-bond donors (Lipinski definition) is 2. The maximum Gasteiger partial charge on any atom is 0.265 e. The first kappa shape index (κ1) is 19.3. The second-order valence-electron chi connectivity index (χ2n) is 5.36. The molecule has 1 amide bonds. The number of carbonyl (C=O) groups is 1. The van der Waals surface area contributed by atoms with E-state index in [1.165, 1.54) is 19.2 Å². The Morgan fingerprint density at radius 3 is 2.56 bits per heavy atom. The number of anilines is 2. The first-order valence-corrected chi connectivity index (χ1v) is 9.81. The van der Waals surface area contributed by atoms with E-state index in [0.717, 1.165) is 5.56 Å². The van der Waals surface area contributed by atoms with Crippen LogP contribution < -0.4 is 14.8 Å². The van der Waals surface area contributed by atoms with Crippen molar-refractivity contribution in [3.05, 3.63) is 46.4 Å². The molecule has 25 heavy (non-hydrogen) atoms. The van der Waals surface area contributed by atoms with E-state index in [0.29, 0.717) is 22.3 Å². The summed E-state index contributed by atoms with van der Waals surface area (Å²) in [6, 6.07) is 9.82. The molecule has 0 unspecified atom stereocenters. The molecule has 2 N–H and O–H groups in total. The lowest BCUT2D eigenvalue weighted by Gasteiger charge is -2.14. The van der Waals surface area contributed by atoms with Gasteiger partial charge < -0.3 is 10.1 Å². The molecule has 8 heteroatoms. The molecule has 2 aromatic rings. The molecule has 6 nitrogen and oxygen atoms in total. The third-order valence-electron chi connectivity index (χ3n) is 3.42. The lowest BCUT2D eigenvalue weighted by Crippen LogP contribution is -2.16. The van der Waals surface area contributed by atoms with E-state index in [9.17, 15) is 13.2 Å². The number of ether oxygens (including phenoxy) is 1. The number of sulfonamides is 1. The number of aryl methyl sites for hydroxylation is 1. The molecular formula is C17H19BrN2O4S. The first-order chi connectivity index (χ1) is 11.8. The monoisotopic (exact) mass is 426 g/mol. The van der Waals surface area contributed by atoms with E-state index in [4.69, 9.17) is 4.74 Å². The van der Waals surface area contributed by atoms with Gasteiger partial charge in [0.1, 0.15) is 10.6 Å². The number of benzene rings is 2. The van der Waals surface area contributed by atoms with Crippen LogP contribution in [-0.4, -0.2) is 21.4 Å². The Bertz CT molecular complexity index is 898. The van der Waals surface area contributed by atoms with Gasteiger partial charge in [-0.1, -0.05) is 13.0 Å². The molecule has 0 fully saturated rings.